The molecule has 0 bridgehead atoms. The molecule has 0 heterocycles. The summed E-state index contributed by atoms with van der Waals surface area (Å²) < 4.78 is 47.6. The van der Waals surface area contributed by atoms with Crippen LogP contribution in [0.4, 0.5) is 0 Å². The Hall–Kier alpha value is -3.24. The number of amides is 1. The highest BCUT2D eigenvalue weighted by atomic mass is 32.2. The molecule has 0 saturated heterocycles. The largest absolute Gasteiger partial charge is 0.496 e. The van der Waals surface area contributed by atoms with Gasteiger partial charge in [0.15, 0.2) is 11.5 Å². The fraction of sp³-hybridized carbons (Fsp3) is 0.286. The van der Waals surface area contributed by atoms with Gasteiger partial charge in [-0.2, -0.15) is 0 Å². The van der Waals surface area contributed by atoms with Crippen molar-refractivity contribution >= 4 is 22.0 Å². The summed E-state index contributed by atoms with van der Waals surface area (Å²) in [5.41, 5.74) is 1.22. The van der Waals surface area contributed by atoms with E-state index in [-0.39, 0.29) is 23.1 Å². The zero-order valence-electron chi connectivity index (χ0n) is 18.0. The van der Waals surface area contributed by atoms with E-state index in [2.05, 4.69) is 10.0 Å². The number of hydrogen-bond acceptors (Lipinski definition) is 7. The lowest BCUT2D eigenvalue weighted by Crippen LogP contribution is -2.20. The van der Waals surface area contributed by atoms with Crippen molar-refractivity contribution < 1.29 is 32.2 Å². The van der Waals surface area contributed by atoms with E-state index in [9.17, 15) is 13.2 Å². The molecule has 2 N–H and O–H groups in total. The van der Waals surface area contributed by atoms with Gasteiger partial charge in [-0.15, -0.1) is 0 Å². The van der Waals surface area contributed by atoms with Gasteiger partial charge in [0.2, 0.25) is 15.9 Å². The molecule has 0 aromatic heterocycles. The van der Waals surface area contributed by atoms with Crippen LogP contribution in [0.25, 0.3) is 6.08 Å². The molecule has 0 saturated carbocycles. The third kappa shape index (κ3) is 5.89. The average Bonchev–Trinajstić information content (AvgIpc) is 2.80. The molecule has 9 nitrogen and oxygen atoms in total. The Balaban J connectivity index is 2.16. The molecular weight excluding hydrogens is 424 g/mol. The Kier molecular flexibility index (Phi) is 8.29. The van der Waals surface area contributed by atoms with Crippen molar-refractivity contribution in [1.82, 2.24) is 10.0 Å². The molecule has 10 heteroatoms. The van der Waals surface area contributed by atoms with Crippen molar-refractivity contribution in [1.29, 1.82) is 0 Å². The summed E-state index contributed by atoms with van der Waals surface area (Å²) in [4.78, 5) is 12.3. The smallest absolute Gasteiger partial charge is 0.244 e. The summed E-state index contributed by atoms with van der Waals surface area (Å²) in [5.74, 6) is 1.40. The first-order chi connectivity index (χ1) is 14.8. The molecule has 0 unspecified atom stereocenters. The van der Waals surface area contributed by atoms with Gasteiger partial charge in [0.1, 0.15) is 16.4 Å². The number of nitrogens with one attached hydrogen (secondary N) is 2. The van der Waals surface area contributed by atoms with Crippen molar-refractivity contribution in [2.45, 2.75) is 11.4 Å². The van der Waals surface area contributed by atoms with E-state index >= 15 is 0 Å². The molecule has 2 rings (SSSR count). The number of hydrogen-bond donors (Lipinski definition) is 2. The zero-order chi connectivity index (χ0) is 23.0. The summed E-state index contributed by atoms with van der Waals surface area (Å²) in [5, 5.41) is 2.75. The fourth-order valence-electron chi connectivity index (χ4n) is 2.76. The van der Waals surface area contributed by atoms with Gasteiger partial charge in [-0.05, 0) is 36.9 Å². The first-order valence-corrected chi connectivity index (χ1v) is 10.6. The lowest BCUT2D eigenvalue weighted by atomic mass is 10.1. The summed E-state index contributed by atoms with van der Waals surface area (Å²) in [6.45, 7) is 0.189. The Morgan fingerprint density at radius 3 is 2.10 bits per heavy atom. The lowest BCUT2D eigenvalue weighted by molar-refractivity contribution is -0.116. The van der Waals surface area contributed by atoms with Crippen molar-refractivity contribution in [3.8, 4) is 23.0 Å². The van der Waals surface area contributed by atoms with E-state index in [4.69, 9.17) is 18.9 Å². The number of sulfonamides is 1. The summed E-state index contributed by atoms with van der Waals surface area (Å²) in [6, 6.07) is 7.99. The third-order valence-corrected chi connectivity index (χ3v) is 5.85. The van der Waals surface area contributed by atoms with Gasteiger partial charge in [0.25, 0.3) is 0 Å². The van der Waals surface area contributed by atoms with E-state index < -0.39 is 10.0 Å². The van der Waals surface area contributed by atoms with Crippen LogP contribution < -0.4 is 29.0 Å². The minimum atomic E-state index is -3.71. The second-order valence-corrected chi connectivity index (χ2v) is 8.04. The van der Waals surface area contributed by atoms with Gasteiger partial charge < -0.3 is 24.3 Å². The molecule has 0 aliphatic carbocycles. The highest BCUT2D eigenvalue weighted by molar-refractivity contribution is 7.89. The molecule has 0 fully saturated rings. The maximum atomic E-state index is 12.3. The zero-order valence-corrected chi connectivity index (χ0v) is 18.8. The Morgan fingerprint density at radius 2 is 1.52 bits per heavy atom. The topological polar surface area (TPSA) is 112 Å². The van der Waals surface area contributed by atoms with Gasteiger partial charge in [-0.1, -0.05) is 6.07 Å². The van der Waals surface area contributed by atoms with Crippen LogP contribution in [0.3, 0.4) is 0 Å². The van der Waals surface area contributed by atoms with Crippen LogP contribution >= 0.6 is 0 Å². The van der Waals surface area contributed by atoms with Crippen LogP contribution in [0.1, 0.15) is 11.1 Å². The second-order valence-electron chi connectivity index (χ2n) is 6.19. The molecular formula is C21H26N2O7S. The maximum Gasteiger partial charge on any atom is 0.244 e. The van der Waals surface area contributed by atoms with Crippen molar-refractivity contribution in [3.05, 3.63) is 47.5 Å². The van der Waals surface area contributed by atoms with E-state index in [1.807, 2.05) is 0 Å². The second kappa shape index (κ2) is 10.7. The van der Waals surface area contributed by atoms with Gasteiger partial charge in [0, 0.05) is 24.3 Å². The highest BCUT2D eigenvalue weighted by Crippen LogP contribution is 2.34. The normalized spacial score (nSPS) is 11.3. The van der Waals surface area contributed by atoms with Crippen molar-refractivity contribution in [2.75, 3.05) is 35.5 Å². The number of carbonyl (C=O) groups excluding carboxylic acids is 1. The predicted octanol–water partition coefficient (Wildman–Crippen LogP) is 1.96. The monoisotopic (exact) mass is 450 g/mol. The Bertz CT molecular complexity index is 1070. The molecule has 31 heavy (non-hydrogen) atoms. The number of ether oxygens (including phenoxy) is 4. The first kappa shape index (κ1) is 24.0. The van der Waals surface area contributed by atoms with Crippen molar-refractivity contribution in [3.63, 3.8) is 0 Å². The number of rotatable bonds is 10. The highest BCUT2D eigenvalue weighted by Gasteiger charge is 2.18. The van der Waals surface area contributed by atoms with Gasteiger partial charge in [0.05, 0.1) is 28.4 Å². The van der Waals surface area contributed by atoms with Crippen LogP contribution in [0.15, 0.2) is 41.3 Å². The molecule has 0 atom stereocenters. The molecule has 0 aliphatic rings. The number of benzene rings is 2. The number of methoxy groups -OCH3 is 4. The van der Waals surface area contributed by atoms with E-state index in [1.165, 1.54) is 59.8 Å². The summed E-state index contributed by atoms with van der Waals surface area (Å²) >= 11 is 0. The Morgan fingerprint density at radius 1 is 0.903 bits per heavy atom. The van der Waals surface area contributed by atoms with Crippen LogP contribution in [0, 0.1) is 0 Å². The van der Waals surface area contributed by atoms with Crippen LogP contribution in [0.2, 0.25) is 0 Å². The van der Waals surface area contributed by atoms with E-state index in [0.717, 1.165) is 0 Å². The number of carbonyl (C=O) groups is 1. The standard InChI is InChI=1S/C21H26N2O7S/c1-22-31(25,26)20-10-14(6-8-16(20)27-2)7-9-21(24)23-13-15-11-18(29-4)19(30-5)12-17(15)28-3/h6-12,22H,13H2,1-5H3,(H,23,24)/b9-7+. The van der Waals surface area contributed by atoms with Crippen LogP contribution in [-0.2, 0) is 21.4 Å². The fourth-order valence-corrected chi connectivity index (χ4v) is 3.69. The van der Waals surface area contributed by atoms with Gasteiger partial charge in [-0.25, -0.2) is 13.1 Å². The maximum absolute atomic E-state index is 12.3. The molecule has 0 spiro atoms. The predicted molar refractivity (Wildman–Crippen MR) is 116 cm³/mol. The first-order valence-electron chi connectivity index (χ1n) is 9.16. The van der Waals surface area contributed by atoms with Crippen molar-refractivity contribution in [2.24, 2.45) is 0 Å². The quantitative estimate of drug-likeness (QED) is 0.532. The molecule has 0 radical (unpaired) electrons. The summed E-state index contributed by atoms with van der Waals surface area (Å²) in [6.07, 6.45) is 2.82. The van der Waals surface area contributed by atoms with Gasteiger partial charge in [-0.3, -0.25) is 4.79 Å². The van der Waals surface area contributed by atoms with Crippen LogP contribution in [-0.4, -0.2) is 49.8 Å². The third-order valence-electron chi connectivity index (χ3n) is 4.41. The molecule has 1 amide bonds. The van der Waals surface area contributed by atoms with E-state index in [0.29, 0.717) is 28.4 Å². The average molecular weight is 451 g/mol. The molecule has 0 aliphatic heterocycles. The SMILES string of the molecule is CNS(=O)(=O)c1cc(/C=C/C(=O)NCc2cc(OC)c(OC)cc2OC)ccc1OC. The summed E-state index contributed by atoms with van der Waals surface area (Å²) in [7, 11) is 3.55. The minimum Gasteiger partial charge on any atom is -0.496 e. The molecule has 2 aromatic rings. The van der Waals surface area contributed by atoms with Gasteiger partial charge >= 0.3 is 0 Å². The molecule has 2 aromatic carbocycles. The lowest BCUT2D eigenvalue weighted by Gasteiger charge is -2.14. The minimum absolute atomic E-state index is 0.0184. The van der Waals surface area contributed by atoms with E-state index in [1.54, 1.807) is 18.2 Å². The molecule has 168 valence electrons. The van der Waals surface area contributed by atoms with Crippen LogP contribution in [0.5, 0.6) is 23.0 Å². The Labute approximate surface area is 182 Å².